The highest BCUT2D eigenvalue weighted by Gasteiger charge is 2.26. The van der Waals surface area contributed by atoms with Gasteiger partial charge in [0, 0.05) is 37.2 Å². The molecule has 2 aliphatic rings. The summed E-state index contributed by atoms with van der Waals surface area (Å²) in [7, 11) is 2.01. The van der Waals surface area contributed by atoms with E-state index in [-0.39, 0.29) is 0 Å². The molecule has 2 heterocycles. The van der Waals surface area contributed by atoms with Crippen LogP contribution in [-0.2, 0) is 13.6 Å². The molecule has 0 spiro atoms. The van der Waals surface area contributed by atoms with E-state index in [1.165, 1.54) is 49.8 Å². The van der Waals surface area contributed by atoms with Crippen LogP contribution < -0.4 is 5.32 Å². The molecule has 0 radical (unpaired) electrons. The molecule has 2 fully saturated rings. The molecule has 2 aromatic heterocycles. The van der Waals surface area contributed by atoms with Crippen LogP contribution in [0.1, 0.15) is 67.4 Å². The molecular weight excluding hydrogens is 274 g/mol. The summed E-state index contributed by atoms with van der Waals surface area (Å²) >= 11 is 0. The lowest BCUT2D eigenvalue weighted by atomic mass is 10.0. The molecule has 0 unspecified atom stereocenters. The van der Waals surface area contributed by atoms with Gasteiger partial charge in [0.05, 0.1) is 23.8 Å². The third-order valence-electron chi connectivity index (χ3n) is 4.78. The summed E-state index contributed by atoms with van der Waals surface area (Å²) in [6.07, 6.45) is 13.7. The summed E-state index contributed by atoms with van der Waals surface area (Å²) < 4.78 is 1.94. The fourth-order valence-corrected chi connectivity index (χ4v) is 3.41. The van der Waals surface area contributed by atoms with Gasteiger partial charge in [-0.1, -0.05) is 12.8 Å². The van der Waals surface area contributed by atoms with E-state index in [2.05, 4.69) is 21.5 Å². The van der Waals surface area contributed by atoms with Crippen molar-refractivity contribution in [2.45, 2.75) is 56.9 Å². The summed E-state index contributed by atoms with van der Waals surface area (Å²) in [6.45, 7) is 0.797. The Hall–Kier alpha value is -1.91. The van der Waals surface area contributed by atoms with E-state index >= 15 is 0 Å². The standard InChI is InChI=1S/C17H23N5/c1-22-11-14(16(21-22)12-4-2-3-5-12)8-18-15-9-19-17(20-10-15)13-6-7-13/h9-13,18H,2-8H2,1H3. The summed E-state index contributed by atoms with van der Waals surface area (Å²) in [5.41, 5.74) is 3.58. The van der Waals surface area contributed by atoms with E-state index in [9.17, 15) is 0 Å². The minimum absolute atomic E-state index is 0.612. The third-order valence-corrected chi connectivity index (χ3v) is 4.78. The van der Waals surface area contributed by atoms with Crippen molar-refractivity contribution in [1.82, 2.24) is 19.7 Å². The highest BCUT2D eigenvalue weighted by molar-refractivity contribution is 5.40. The van der Waals surface area contributed by atoms with E-state index in [4.69, 9.17) is 5.10 Å². The van der Waals surface area contributed by atoms with Crippen LogP contribution >= 0.6 is 0 Å². The maximum Gasteiger partial charge on any atom is 0.131 e. The van der Waals surface area contributed by atoms with Gasteiger partial charge in [-0.2, -0.15) is 5.10 Å². The highest BCUT2D eigenvalue weighted by Crippen LogP contribution is 2.38. The van der Waals surface area contributed by atoms with Gasteiger partial charge in [-0.15, -0.1) is 0 Å². The smallest absolute Gasteiger partial charge is 0.131 e. The largest absolute Gasteiger partial charge is 0.378 e. The van der Waals surface area contributed by atoms with E-state index in [1.807, 2.05) is 24.1 Å². The molecule has 0 atom stereocenters. The second-order valence-electron chi connectivity index (χ2n) is 6.65. The molecule has 0 aliphatic heterocycles. The van der Waals surface area contributed by atoms with E-state index in [0.29, 0.717) is 11.8 Å². The minimum atomic E-state index is 0.612. The monoisotopic (exact) mass is 297 g/mol. The van der Waals surface area contributed by atoms with Crippen molar-refractivity contribution in [3.8, 4) is 0 Å². The molecule has 5 heteroatoms. The Morgan fingerprint density at radius 3 is 2.50 bits per heavy atom. The fraction of sp³-hybridized carbons (Fsp3) is 0.588. The van der Waals surface area contributed by atoms with Gasteiger partial charge in [0.25, 0.3) is 0 Å². The third kappa shape index (κ3) is 2.85. The Kier molecular flexibility index (Phi) is 3.56. The molecule has 2 aliphatic carbocycles. The quantitative estimate of drug-likeness (QED) is 0.919. The predicted octanol–water partition coefficient (Wildman–Crippen LogP) is 3.36. The molecule has 5 nitrogen and oxygen atoms in total. The molecule has 2 aromatic rings. The average molecular weight is 297 g/mol. The first kappa shape index (κ1) is 13.7. The topological polar surface area (TPSA) is 55.6 Å². The Morgan fingerprint density at radius 2 is 1.82 bits per heavy atom. The van der Waals surface area contributed by atoms with E-state index in [1.54, 1.807) is 0 Å². The number of anilines is 1. The van der Waals surface area contributed by atoms with E-state index in [0.717, 1.165) is 18.1 Å². The van der Waals surface area contributed by atoms with Gasteiger partial charge in [-0.25, -0.2) is 9.97 Å². The highest BCUT2D eigenvalue weighted by atomic mass is 15.3. The average Bonchev–Trinajstić information content (AvgIpc) is 3.10. The Bertz CT molecular complexity index is 636. The number of aryl methyl sites for hydroxylation is 1. The van der Waals surface area contributed by atoms with Crippen LogP contribution in [0.2, 0.25) is 0 Å². The van der Waals surface area contributed by atoms with Crippen LogP contribution in [0.5, 0.6) is 0 Å². The zero-order chi connectivity index (χ0) is 14.9. The van der Waals surface area contributed by atoms with Gasteiger partial charge < -0.3 is 5.32 Å². The van der Waals surface area contributed by atoms with Crippen molar-refractivity contribution < 1.29 is 0 Å². The molecule has 4 rings (SSSR count). The van der Waals surface area contributed by atoms with Crippen molar-refractivity contribution in [3.05, 3.63) is 35.7 Å². The van der Waals surface area contributed by atoms with Gasteiger partial charge in [-0.3, -0.25) is 4.68 Å². The molecule has 0 aromatic carbocycles. The van der Waals surface area contributed by atoms with Gasteiger partial charge in [0.1, 0.15) is 5.82 Å². The number of hydrogen-bond acceptors (Lipinski definition) is 4. The number of nitrogens with one attached hydrogen (secondary N) is 1. The van der Waals surface area contributed by atoms with Crippen LogP contribution in [0.3, 0.4) is 0 Å². The molecule has 0 bridgehead atoms. The Labute approximate surface area is 131 Å². The first-order valence-electron chi connectivity index (χ1n) is 8.38. The van der Waals surface area contributed by atoms with Crippen molar-refractivity contribution in [2.24, 2.45) is 7.05 Å². The lowest BCUT2D eigenvalue weighted by Gasteiger charge is -2.10. The second kappa shape index (κ2) is 5.71. The first-order chi connectivity index (χ1) is 10.8. The number of hydrogen-bond donors (Lipinski definition) is 1. The van der Waals surface area contributed by atoms with Crippen LogP contribution in [0.15, 0.2) is 18.6 Å². The van der Waals surface area contributed by atoms with Crippen molar-refractivity contribution in [1.29, 1.82) is 0 Å². The summed E-state index contributed by atoms with van der Waals surface area (Å²) in [4.78, 5) is 8.93. The van der Waals surface area contributed by atoms with Crippen molar-refractivity contribution in [3.63, 3.8) is 0 Å². The number of rotatable bonds is 5. The summed E-state index contributed by atoms with van der Waals surface area (Å²) in [6, 6.07) is 0. The van der Waals surface area contributed by atoms with Gasteiger partial charge in [0.15, 0.2) is 0 Å². The minimum Gasteiger partial charge on any atom is -0.378 e. The van der Waals surface area contributed by atoms with Crippen LogP contribution in [0, 0.1) is 0 Å². The second-order valence-corrected chi connectivity index (χ2v) is 6.65. The van der Waals surface area contributed by atoms with E-state index < -0.39 is 0 Å². The normalized spacial score (nSPS) is 18.8. The molecular formula is C17H23N5. The fourth-order valence-electron chi connectivity index (χ4n) is 3.41. The SMILES string of the molecule is Cn1cc(CNc2cnc(C3CC3)nc2)c(C2CCCC2)n1. The van der Waals surface area contributed by atoms with Crippen molar-refractivity contribution in [2.75, 3.05) is 5.32 Å². The molecule has 22 heavy (non-hydrogen) atoms. The lowest BCUT2D eigenvalue weighted by Crippen LogP contribution is -2.05. The van der Waals surface area contributed by atoms with Gasteiger partial charge in [-0.05, 0) is 25.7 Å². The molecule has 116 valence electrons. The maximum atomic E-state index is 4.70. The first-order valence-corrected chi connectivity index (χ1v) is 8.38. The number of aromatic nitrogens is 4. The van der Waals surface area contributed by atoms with Crippen LogP contribution in [-0.4, -0.2) is 19.7 Å². The van der Waals surface area contributed by atoms with Gasteiger partial charge >= 0.3 is 0 Å². The summed E-state index contributed by atoms with van der Waals surface area (Å²) in [5.74, 6) is 2.26. The number of nitrogens with zero attached hydrogens (tertiary/aromatic N) is 4. The molecule has 0 saturated heterocycles. The molecule has 1 N–H and O–H groups in total. The summed E-state index contributed by atoms with van der Waals surface area (Å²) in [5, 5.41) is 8.14. The maximum absolute atomic E-state index is 4.70. The Balaban J connectivity index is 1.44. The Morgan fingerprint density at radius 1 is 1.09 bits per heavy atom. The van der Waals surface area contributed by atoms with Crippen LogP contribution in [0.25, 0.3) is 0 Å². The van der Waals surface area contributed by atoms with Crippen molar-refractivity contribution >= 4 is 5.69 Å². The van der Waals surface area contributed by atoms with Crippen LogP contribution in [0.4, 0.5) is 5.69 Å². The predicted molar refractivity (Wildman–Crippen MR) is 85.8 cm³/mol. The molecule has 2 saturated carbocycles. The zero-order valence-corrected chi connectivity index (χ0v) is 13.1. The van der Waals surface area contributed by atoms with Gasteiger partial charge in [0.2, 0.25) is 0 Å². The lowest BCUT2D eigenvalue weighted by molar-refractivity contribution is 0.654. The molecule has 0 amide bonds. The zero-order valence-electron chi connectivity index (χ0n) is 13.1.